The second-order valence-electron chi connectivity index (χ2n) is 10.4. The number of carbonyl (C=O) groups is 1. The van der Waals surface area contributed by atoms with Crippen molar-refractivity contribution in [3.8, 4) is 0 Å². The van der Waals surface area contributed by atoms with Gasteiger partial charge in [-0.25, -0.2) is 4.39 Å². The van der Waals surface area contributed by atoms with E-state index in [4.69, 9.17) is 0 Å². The Bertz CT molecular complexity index is 811. The van der Waals surface area contributed by atoms with Crippen molar-refractivity contribution in [3.63, 3.8) is 0 Å². The highest BCUT2D eigenvalue weighted by Gasteiger charge is 2.50. The highest BCUT2D eigenvalue weighted by atomic mass is 19.1. The number of quaternary nitrogens is 1. The van der Waals surface area contributed by atoms with Crippen LogP contribution in [-0.2, 0) is 4.79 Å². The number of aliphatic hydroxyl groups is 1. The van der Waals surface area contributed by atoms with Crippen LogP contribution < -0.4 is 10.2 Å². The average Bonchev–Trinajstić information content (AvgIpc) is 3.05. The Morgan fingerprint density at radius 1 is 1.29 bits per heavy atom. The van der Waals surface area contributed by atoms with Crippen LogP contribution in [0.1, 0.15) is 58.8 Å². The molecule has 172 valence electrons. The molecule has 1 amide bonds. The van der Waals surface area contributed by atoms with E-state index < -0.39 is 0 Å². The molecule has 1 aliphatic carbocycles. The van der Waals surface area contributed by atoms with Crippen LogP contribution in [0.5, 0.6) is 0 Å². The molecule has 0 aromatic heterocycles. The van der Waals surface area contributed by atoms with Gasteiger partial charge in [0.1, 0.15) is 5.82 Å². The van der Waals surface area contributed by atoms with Crippen LogP contribution in [0.4, 0.5) is 15.8 Å². The summed E-state index contributed by atoms with van der Waals surface area (Å²) in [6.07, 6.45) is 5.69. The first kappa shape index (κ1) is 22.5. The quantitative estimate of drug-likeness (QED) is 0.555. The lowest BCUT2D eigenvalue weighted by Gasteiger charge is -2.50. The standard InChI is InChI=1S/C24H36FN3O3/c1-17(2)23(30)26-18-4-9-22(21(25)14-18)27-12-3-10-24(15-27)11-13-28(31,16-24)19-5-7-20(29)8-6-19/h4,9,14,17,19-20,29H,3,5-8,10-13,15-16H2,1-2H3,(H,26,30)/t19?,20?,24-,28+/m1/s1. The Morgan fingerprint density at radius 2 is 2.03 bits per heavy atom. The molecule has 2 atom stereocenters. The molecular formula is C24H36FN3O3. The number of amides is 1. The van der Waals surface area contributed by atoms with E-state index in [-0.39, 0.29) is 39.8 Å². The van der Waals surface area contributed by atoms with Gasteiger partial charge in [-0.05, 0) is 43.9 Å². The molecule has 1 aromatic carbocycles. The zero-order valence-electron chi connectivity index (χ0n) is 18.8. The Morgan fingerprint density at radius 3 is 2.71 bits per heavy atom. The summed E-state index contributed by atoms with van der Waals surface area (Å²) in [5.74, 6) is -0.625. The normalized spacial score (nSPS) is 33.8. The van der Waals surface area contributed by atoms with Gasteiger partial charge < -0.3 is 25.2 Å². The van der Waals surface area contributed by atoms with Gasteiger partial charge >= 0.3 is 0 Å². The fraction of sp³-hybridized carbons (Fsp3) is 0.708. The molecule has 1 spiro atoms. The number of halogens is 1. The molecule has 6 nitrogen and oxygen atoms in total. The third-order valence-corrected chi connectivity index (χ3v) is 7.70. The van der Waals surface area contributed by atoms with E-state index in [9.17, 15) is 19.5 Å². The maximum Gasteiger partial charge on any atom is 0.226 e. The molecule has 3 fully saturated rings. The number of hydroxylamine groups is 3. The first-order valence-electron chi connectivity index (χ1n) is 11.8. The number of nitrogens with zero attached hydrogens (tertiary/aromatic N) is 2. The summed E-state index contributed by atoms with van der Waals surface area (Å²) in [7, 11) is 0. The van der Waals surface area contributed by atoms with Gasteiger partial charge in [-0.3, -0.25) is 4.79 Å². The Balaban J connectivity index is 1.45. The number of hydrogen-bond acceptors (Lipinski definition) is 4. The lowest BCUT2D eigenvalue weighted by molar-refractivity contribution is -0.898. The van der Waals surface area contributed by atoms with Crippen LogP contribution in [0.2, 0.25) is 0 Å². The average molecular weight is 434 g/mol. The molecule has 2 N–H and O–H groups in total. The predicted octanol–water partition coefficient (Wildman–Crippen LogP) is 4.03. The molecule has 1 aromatic rings. The van der Waals surface area contributed by atoms with E-state index in [1.54, 1.807) is 26.0 Å². The van der Waals surface area contributed by atoms with Gasteiger partial charge in [0.05, 0.1) is 30.9 Å². The Hall–Kier alpha value is -1.70. The van der Waals surface area contributed by atoms with Gasteiger partial charge in [0.2, 0.25) is 5.91 Å². The summed E-state index contributed by atoms with van der Waals surface area (Å²) in [4.78, 5) is 14.0. The molecule has 2 heterocycles. The van der Waals surface area contributed by atoms with Crippen molar-refractivity contribution in [2.45, 2.75) is 70.9 Å². The van der Waals surface area contributed by atoms with Gasteiger partial charge in [-0.15, -0.1) is 0 Å². The van der Waals surface area contributed by atoms with Crippen LogP contribution in [0.3, 0.4) is 0 Å². The van der Waals surface area contributed by atoms with Crippen LogP contribution in [0, 0.1) is 22.4 Å². The van der Waals surface area contributed by atoms with Gasteiger partial charge in [0.15, 0.2) is 0 Å². The fourth-order valence-electron chi connectivity index (χ4n) is 5.87. The van der Waals surface area contributed by atoms with E-state index in [1.165, 1.54) is 6.07 Å². The van der Waals surface area contributed by atoms with Crippen molar-refractivity contribution in [1.82, 2.24) is 0 Å². The van der Waals surface area contributed by atoms with Crippen LogP contribution in [0.15, 0.2) is 18.2 Å². The van der Waals surface area contributed by atoms with Gasteiger partial charge in [-0.2, -0.15) is 0 Å². The molecule has 0 radical (unpaired) electrons. The molecule has 31 heavy (non-hydrogen) atoms. The molecular weight excluding hydrogens is 397 g/mol. The van der Waals surface area contributed by atoms with Crippen molar-refractivity contribution in [2.24, 2.45) is 11.3 Å². The maximum atomic E-state index is 15.0. The summed E-state index contributed by atoms with van der Waals surface area (Å²) in [5.41, 5.74) is 0.966. The minimum atomic E-state index is -0.333. The number of piperidine rings is 1. The number of benzene rings is 1. The van der Waals surface area contributed by atoms with E-state index in [0.717, 1.165) is 51.5 Å². The smallest absolute Gasteiger partial charge is 0.226 e. The number of aliphatic hydroxyl groups excluding tert-OH is 1. The summed E-state index contributed by atoms with van der Waals surface area (Å²) >= 11 is 0. The number of rotatable bonds is 4. The summed E-state index contributed by atoms with van der Waals surface area (Å²) in [6, 6.07) is 5.00. The molecule has 2 aliphatic heterocycles. The van der Waals surface area contributed by atoms with Crippen molar-refractivity contribution in [3.05, 3.63) is 29.2 Å². The summed E-state index contributed by atoms with van der Waals surface area (Å²) < 4.78 is 14.8. The minimum absolute atomic E-state index is 0.0625. The second kappa shape index (κ2) is 8.68. The van der Waals surface area contributed by atoms with Crippen LogP contribution in [-0.4, -0.2) is 54.0 Å². The fourth-order valence-corrected chi connectivity index (χ4v) is 5.87. The molecule has 0 unspecified atom stereocenters. The second-order valence-corrected chi connectivity index (χ2v) is 10.4. The highest BCUT2D eigenvalue weighted by Crippen LogP contribution is 2.46. The maximum absolute atomic E-state index is 15.0. The molecule has 4 rings (SSSR count). The Kier molecular flexibility index (Phi) is 6.30. The predicted molar refractivity (Wildman–Crippen MR) is 120 cm³/mol. The lowest BCUT2D eigenvalue weighted by Crippen LogP contribution is -2.54. The zero-order chi connectivity index (χ0) is 22.2. The number of hydrogen-bond donors (Lipinski definition) is 2. The molecule has 1 saturated carbocycles. The minimum Gasteiger partial charge on any atom is -0.633 e. The lowest BCUT2D eigenvalue weighted by atomic mass is 9.79. The third kappa shape index (κ3) is 4.73. The van der Waals surface area contributed by atoms with Gasteiger partial charge in [0.25, 0.3) is 0 Å². The van der Waals surface area contributed by atoms with E-state index in [1.807, 2.05) is 0 Å². The molecule has 3 aliphatic rings. The van der Waals surface area contributed by atoms with Crippen molar-refractivity contribution in [2.75, 3.05) is 36.4 Å². The molecule has 7 heteroatoms. The first-order valence-corrected chi connectivity index (χ1v) is 11.8. The molecule has 0 bridgehead atoms. The monoisotopic (exact) mass is 433 g/mol. The van der Waals surface area contributed by atoms with E-state index in [2.05, 4.69) is 10.2 Å². The van der Waals surface area contributed by atoms with Crippen LogP contribution >= 0.6 is 0 Å². The SMILES string of the molecule is CC(C)C(=O)Nc1ccc(N2CCC[C@@]3(CC[N@@+]([O-])(C4CCC(O)CC4)C3)C2)c(F)c1. The van der Waals surface area contributed by atoms with E-state index in [0.29, 0.717) is 31.0 Å². The topological polar surface area (TPSA) is 75.6 Å². The number of nitrogens with one attached hydrogen (secondary N) is 1. The highest BCUT2D eigenvalue weighted by molar-refractivity contribution is 5.92. The van der Waals surface area contributed by atoms with E-state index >= 15 is 0 Å². The van der Waals surface area contributed by atoms with Crippen molar-refractivity contribution < 1.29 is 18.9 Å². The van der Waals surface area contributed by atoms with Crippen LogP contribution in [0.25, 0.3) is 0 Å². The first-order chi connectivity index (χ1) is 14.7. The summed E-state index contributed by atoms with van der Waals surface area (Å²) in [5, 5.41) is 26.2. The van der Waals surface area contributed by atoms with Gasteiger partial charge in [0, 0.05) is 49.4 Å². The largest absolute Gasteiger partial charge is 0.633 e. The summed E-state index contributed by atoms with van der Waals surface area (Å²) in [6.45, 7) is 6.34. The number of carbonyl (C=O) groups excluding carboxylic acids is 1. The Labute approximate surface area is 184 Å². The van der Waals surface area contributed by atoms with Gasteiger partial charge in [-0.1, -0.05) is 13.8 Å². The molecule has 2 saturated heterocycles. The van der Waals surface area contributed by atoms with Crippen molar-refractivity contribution >= 4 is 17.3 Å². The number of likely N-dealkylation sites (tertiary alicyclic amines) is 1. The zero-order valence-corrected chi connectivity index (χ0v) is 18.8. The number of anilines is 2. The van der Waals surface area contributed by atoms with Crippen molar-refractivity contribution in [1.29, 1.82) is 0 Å². The third-order valence-electron chi connectivity index (χ3n) is 7.70.